The third-order valence-electron chi connectivity index (χ3n) is 7.63. The second-order valence-electron chi connectivity index (χ2n) is 10.0. The summed E-state index contributed by atoms with van der Waals surface area (Å²) in [6, 6.07) is 9.57. The molecule has 3 aromatic rings. The maximum atomic E-state index is 13.4. The standard InChI is InChI=1S/C28H29F3N4O2/c29-22-11-16(12-23(30)26(22)31)5-10-25(36)35-14-18(15-35)27(28(32)37)34-19-8-6-17(7-9-19)21-13-33-24-4-2-1-3-20(21)24/h1-5,10-13,17-19,27,33-34H,6-9,14-15H2,(H2,32,37)/b10-5+. The molecule has 5 rings (SSSR count). The Kier molecular flexibility index (Phi) is 7.06. The first-order valence-electron chi connectivity index (χ1n) is 12.5. The third-order valence-corrected chi connectivity index (χ3v) is 7.63. The molecule has 1 atom stereocenters. The van der Waals surface area contributed by atoms with Crippen LogP contribution in [0.5, 0.6) is 0 Å². The number of H-pyrrole nitrogens is 1. The van der Waals surface area contributed by atoms with Crippen LogP contribution in [0.25, 0.3) is 17.0 Å². The first-order valence-corrected chi connectivity index (χ1v) is 12.5. The minimum absolute atomic E-state index is 0.0433. The molecule has 4 N–H and O–H groups in total. The van der Waals surface area contributed by atoms with Crippen LogP contribution in [0.3, 0.4) is 0 Å². The second kappa shape index (κ2) is 10.4. The van der Waals surface area contributed by atoms with E-state index < -0.39 is 29.4 Å². The van der Waals surface area contributed by atoms with Gasteiger partial charge in [-0.25, -0.2) is 13.2 Å². The number of nitrogens with one attached hydrogen (secondary N) is 2. The molecule has 1 aliphatic heterocycles. The fourth-order valence-electron chi connectivity index (χ4n) is 5.55. The Hall–Kier alpha value is -3.59. The van der Waals surface area contributed by atoms with Crippen molar-refractivity contribution in [3.63, 3.8) is 0 Å². The summed E-state index contributed by atoms with van der Waals surface area (Å²) in [6.07, 6.45) is 8.39. The third kappa shape index (κ3) is 5.27. The number of fused-ring (bicyclic) bond motifs is 1. The number of aromatic nitrogens is 1. The molecule has 0 radical (unpaired) electrons. The van der Waals surface area contributed by atoms with E-state index in [-0.39, 0.29) is 23.4 Å². The van der Waals surface area contributed by atoms with Crippen molar-refractivity contribution in [2.24, 2.45) is 11.7 Å². The number of primary amides is 1. The van der Waals surface area contributed by atoms with Crippen molar-refractivity contribution < 1.29 is 22.8 Å². The van der Waals surface area contributed by atoms with Gasteiger partial charge in [0.2, 0.25) is 11.8 Å². The molecule has 37 heavy (non-hydrogen) atoms. The van der Waals surface area contributed by atoms with Crippen LogP contribution in [0.2, 0.25) is 0 Å². The van der Waals surface area contributed by atoms with Crippen molar-refractivity contribution in [1.82, 2.24) is 15.2 Å². The molecule has 6 nitrogen and oxygen atoms in total. The Morgan fingerprint density at radius 2 is 1.73 bits per heavy atom. The highest BCUT2D eigenvalue weighted by Crippen LogP contribution is 2.37. The Labute approximate surface area is 212 Å². The topological polar surface area (TPSA) is 91.2 Å². The number of carbonyl (C=O) groups excluding carboxylic acids is 2. The van der Waals surface area contributed by atoms with Crippen LogP contribution in [0, 0.1) is 23.4 Å². The fourth-order valence-corrected chi connectivity index (χ4v) is 5.55. The summed E-state index contributed by atoms with van der Waals surface area (Å²) in [7, 11) is 0. The van der Waals surface area contributed by atoms with Crippen LogP contribution in [-0.4, -0.2) is 46.9 Å². The molecule has 1 saturated carbocycles. The maximum absolute atomic E-state index is 13.4. The van der Waals surface area contributed by atoms with E-state index in [1.807, 2.05) is 6.07 Å². The summed E-state index contributed by atoms with van der Waals surface area (Å²) in [4.78, 5) is 29.5. The molecule has 1 aliphatic carbocycles. The smallest absolute Gasteiger partial charge is 0.246 e. The van der Waals surface area contributed by atoms with Gasteiger partial charge in [0.05, 0.1) is 6.04 Å². The van der Waals surface area contributed by atoms with Gasteiger partial charge >= 0.3 is 0 Å². The fraction of sp³-hybridized carbons (Fsp3) is 0.357. The van der Waals surface area contributed by atoms with Crippen LogP contribution >= 0.6 is 0 Å². The van der Waals surface area contributed by atoms with E-state index >= 15 is 0 Å². The number of hydrogen-bond donors (Lipinski definition) is 3. The molecule has 2 aromatic carbocycles. The predicted octanol–water partition coefficient (Wildman–Crippen LogP) is 4.23. The number of hydrogen-bond acceptors (Lipinski definition) is 3. The van der Waals surface area contributed by atoms with Gasteiger partial charge in [-0.1, -0.05) is 18.2 Å². The molecule has 2 amide bonds. The minimum Gasteiger partial charge on any atom is -0.368 e. The number of amides is 2. The minimum atomic E-state index is -1.55. The molecule has 194 valence electrons. The molecule has 0 bridgehead atoms. The summed E-state index contributed by atoms with van der Waals surface area (Å²) >= 11 is 0. The number of rotatable bonds is 7. The van der Waals surface area contributed by atoms with E-state index in [0.29, 0.717) is 19.0 Å². The summed E-state index contributed by atoms with van der Waals surface area (Å²) in [5.74, 6) is -4.63. The number of para-hydroxylation sites is 1. The highest BCUT2D eigenvalue weighted by molar-refractivity contribution is 5.92. The number of carbonyl (C=O) groups is 2. The van der Waals surface area contributed by atoms with Crippen molar-refractivity contribution >= 4 is 28.8 Å². The van der Waals surface area contributed by atoms with E-state index in [9.17, 15) is 22.8 Å². The molecular formula is C28H29F3N4O2. The van der Waals surface area contributed by atoms with Crippen molar-refractivity contribution in [3.05, 3.63) is 77.2 Å². The normalized spacial score (nSPS) is 21.3. The Balaban J connectivity index is 1.13. The van der Waals surface area contributed by atoms with E-state index in [1.165, 1.54) is 28.0 Å². The van der Waals surface area contributed by atoms with Crippen LogP contribution < -0.4 is 11.1 Å². The summed E-state index contributed by atoms with van der Waals surface area (Å²) in [5.41, 5.74) is 8.23. The number of benzene rings is 2. The Morgan fingerprint density at radius 1 is 1.05 bits per heavy atom. The average molecular weight is 511 g/mol. The average Bonchev–Trinajstić information content (AvgIpc) is 3.29. The number of halogens is 3. The Bertz CT molecular complexity index is 1320. The van der Waals surface area contributed by atoms with Gasteiger partial charge in [0.25, 0.3) is 0 Å². The Morgan fingerprint density at radius 3 is 2.41 bits per heavy atom. The van der Waals surface area contributed by atoms with Crippen molar-refractivity contribution in [2.45, 2.75) is 43.7 Å². The molecule has 0 spiro atoms. The quantitative estimate of drug-likeness (QED) is 0.328. The number of aromatic amines is 1. The van der Waals surface area contributed by atoms with Crippen molar-refractivity contribution in [1.29, 1.82) is 0 Å². The lowest BCUT2D eigenvalue weighted by atomic mass is 9.80. The predicted molar refractivity (Wildman–Crippen MR) is 135 cm³/mol. The van der Waals surface area contributed by atoms with E-state index in [4.69, 9.17) is 5.73 Å². The molecule has 2 fully saturated rings. The summed E-state index contributed by atoms with van der Waals surface area (Å²) < 4.78 is 39.8. The number of nitrogens with zero attached hydrogens (tertiary/aromatic N) is 1. The van der Waals surface area contributed by atoms with Gasteiger partial charge in [-0.15, -0.1) is 0 Å². The lowest BCUT2D eigenvalue weighted by Gasteiger charge is -2.43. The van der Waals surface area contributed by atoms with Gasteiger partial charge in [-0.3, -0.25) is 9.59 Å². The first kappa shape index (κ1) is 25.1. The second-order valence-corrected chi connectivity index (χ2v) is 10.0. The monoisotopic (exact) mass is 510 g/mol. The zero-order chi connectivity index (χ0) is 26.1. The van der Waals surface area contributed by atoms with E-state index in [0.717, 1.165) is 43.3 Å². The SMILES string of the molecule is NC(=O)C(NC1CCC(c2c[nH]c3ccccc23)CC1)C1CN(C(=O)/C=C/c2cc(F)c(F)c(F)c2)C1. The highest BCUT2D eigenvalue weighted by atomic mass is 19.2. The van der Waals surface area contributed by atoms with E-state index in [1.54, 1.807) is 0 Å². The van der Waals surface area contributed by atoms with Gasteiger partial charge in [-0.2, -0.15) is 0 Å². The number of nitrogens with two attached hydrogens (primary N) is 1. The van der Waals surface area contributed by atoms with Crippen molar-refractivity contribution in [3.8, 4) is 0 Å². The van der Waals surface area contributed by atoms with Crippen LogP contribution in [0.15, 0.2) is 48.7 Å². The summed E-state index contributed by atoms with van der Waals surface area (Å²) in [6.45, 7) is 0.696. The largest absolute Gasteiger partial charge is 0.368 e. The lowest BCUT2D eigenvalue weighted by Crippen LogP contribution is -2.62. The van der Waals surface area contributed by atoms with Gasteiger partial charge in [-0.05, 0) is 67.0 Å². The van der Waals surface area contributed by atoms with Crippen LogP contribution in [0.1, 0.15) is 42.7 Å². The highest BCUT2D eigenvalue weighted by Gasteiger charge is 2.39. The van der Waals surface area contributed by atoms with Gasteiger partial charge in [0.1, 0.15) is 0 Å². The molecule has 9 heteroatoms. The van der Waals surface area contributed by atoms with Crippen molar-refractivity contribution in [2.75, 3.05) is 13.1 Å². The molecule has 1 saturated heterocycles. The van der Waals surface area contributed by atoms with Crippen LogP contribution in [0.4, 0.5) is 13.2 Å². The zero-order valence-corrected chi connectivity index (χ0v) is 20.2. The molecular weight excluding hydrogens is 481 g/mol. The van der Waals surface area contributed by atoms with Gasteiger partial charge in [0, 0.05) is 48.2 Å². The van der Waals surface area contributed by atoms with Gasteiger partial charge in [0.15, 0.2) is 17.5 Å². The molecule has 1 unspecified atom stereocenters. The van der Waals surface area contributed by atoms with Crippen LogP contribution in [-0.2, 0) is 9.59 Å². The summed E-state index contributed by atoms with van der Waals surface area (Å²) in [5, 5.41) is 4.70. The molecule has 2 heterocycles. The lowest BCUT2D eigenvalue weighted by molar-refractivity contribution is -0.136. The molecule has 2 aliphatic rings. The van der Waals surface area contributed by atoms with E-state index in [2.05, 4.69) is 34.7 Å². The zero-order valence-electron chi connectivity index (χ0n) is 20.2. The maximum Gasteiger partial charge on any atom is 0.246 e. The number of likely N-dealkylation sites (tertiary alicyclic amines) is 1. The van der Waals surface area contributed by atoms with Gasteiger partial charge < -0.3 is 20.9 Å². The first-order chi connectivity index (χ1) is 17.8. The molecule has 1 aromatic heterocycles.